The lowest BCUT2D eigenvalue weighted by Crippen LogP contribution is -2.48. The first-order valence-corrected chi connectivity index (χ1v) is 6.65. The number of rotatable bonds is 4. The van der Waals surface area contributed by atoms with Crippen LogP contribution in [0.2, 0.25) is 0 Å². The average molecular weight is 278 g/mol. The van der Waals surface area contributed by atoms with Crippen molar-refractivity contribution in [1.29, 1.82) is 0 Å². The molecule has 0 radical (unpaired) electrons. The molecule has 0 saturated heterocycles. The van der Waals surface area contributed by atoms with Crippen molar-refractivity contribution in [3.8, 4) is 0 Å². The van der Waals surface area contributed by atoms with E-state index in [-0.39, 0.29) is 12.5 Å². The van der Waals surface area contributed by atoms with Crippen LogP contribution in [-0.4, -0.2) is 40.5 Å². The SMILES string of the molecule is CCOC(=O)CN(C(=O)c1ccncc1C)C(C)(C)C. The molecule has 0 aromatic carbocycles. The molecule has 0 fully saturated rings. The average Bonchev–Trinajstić information content (AvgIpc) is 2.35. The third kappa shape index (κ3) is 4.05. The Morgan fingerprint density at radius 1 is 1.35 bits per heavy atom. The summed E-state index contributed by atoms with van der Waals surface area (Å²) < 4.78 is 4.94. The molecule has 5 heteroatoms. The van der Waals surface area contributed by atoms with E-state index in [1.54, 1.807) is 25.4 Å². The van der Waals surface area contributed by atoms with Crippen LogP contribution in [0.1, 0.15) is 43.6 Å². The van der Waals surface area contributed by atoms with Crippen LogP contribution >= 0.6 is 0 Å². The van der Waals surface area contributed by atoms with Crippen molar-refractivity contribution in [3.05, 3.63) is 29.6 Å². The van der Waals surface area contributed by atoms with Gasteiger partial charge in [-0.2, -0.15) is 0 Å². The van der Waals surface area contributed by atoms with Crippen molar-refractivity contribution in [2.45, 2.75) is 40.2 Å². The highest BCUT2D eigenvalue weighted by molar-refractivity contribution is 5.97. The Bertz CT molecular complexity index is 492. The van der Waals surface area contributed by atoms with Crippen LogP contribution in [0.15, 0.2) is 18.5 Å². The molecule has 0 bridgehead atoms. The van der Waals surface area contributed by atoms with Gasteiger partial charge in [-0.25, -0.2) is 0 Å². The molecular formula is C15H22N2O3. The van der Waals surface area contributed by atoms with Gasteiger partial charge >= 0.3 is 5.97 Å². The van der Waals surface area contributed by atoms with Crippen LogP contribution in [-0.2, 0) is 9.53 Å². The fourth-order valence-electron chi connectivity index (χ4n) is 1.81. The maximum atomic E-state index is 12.6. The van der Waals surface area contributed by atoms with Crippen LogP contribution in [0.5, 0.6) is 0 Å². The Morgan fingerprint density at radius 2 is 2.00 bits per heavy atom. The van der Waals surface area contributed by atoms with Gasteiger partial charge in [-0.1, -0.05) is 0 Å². The van der Waals surface area contributed by atoms with Crippen molar-refractivity contribution in [2.75, 3.05) is 13.2 Å². The lowest BCUT2D eigenvalue weighted by Gasteiger charge is -2.35. The quantitative estimate of drug-likeness (QED) is 0.792. The summed E-state index contributed by atoms with van der Waals surface area (Å²) in [6.45, 7) is 9.48. The molecular weight excluding hydrogens is 256 g/mol. The summed E-state index contributed by atoms with van der Waals surface area (Å²) in [6.07, 6.45) is 3.21. The van der Waals surface area contributed by atoms with E-state index in [1.807, 2.05) is 27.7 Å². The van der Waals surface area contributed by atoms with E-state index in [4.69, 9.17) is 4.74 Å². The highest BCUT2D eigenvalue weighted by Crippen LogP contribution is 2.18. The standard InChI is InChI=1S/C15H22N2O3/c1-6-20-13(18)10-17(15(3,4)5)14(19)12-7-8-16-9-11(12)2/h7-9H,6,10H2,1-5H3. The smallest absolute Gasteiger partial charge is 0.325 e. The molecule has 5 nitrogen and oxygen atoms in total. The third-order valence-electron chi connectivity index (χ3n) is 2.90. The van der Waals surface area contributed by atoms with Gasteiger partial charge in [-0.3, -0.25) is 14.6 Å². The number of carbonyl (C=O) groups excluding carboxylic acids is 2. The number of nitrogens with zero attached hydrogens (tertiary/aromatic N) is 2. The van der Waals surface area contributed by atoms with Gasteiger partial charge in [0, 0.05) is 23.5 Å². The molecule has 0 aliphatic heterocycles. The predicted octanol–water partition coefficient (Wildman–Crippen LogP) is 2.19. The minimum absolute atomic E-state index is 0.0576. The topological polar surface area (TPSA) is 59.5 Å². The van der Waals surface area contributed by atoms with Crippen LogP contribution in [0, 0.1) is 6.92 Å². The molecule has 0 unspecified atom stereocenters. The molecule has 1 rings (SSSR count). The molecule has 1 heterocycles. The second-order valence-electron chi connectivity index (χ2n) is 5.56. The molecule has 0 aliphatic carbocycles. The maximum Gasteiger partial charge on any atom is 0.325 e. The van der Waals surface area contributed by atoms with Gasteiger partial charge in [0.25, 0.3) is 5.91 Å². The van der Waals surface area contributed by atoms with Crippen molar-refractivity contribution < 1.29 is 14.3 Å². The van der Waals surface area contributed by atoms with Crippen molar-refractivity contribution >= 4 is 11.9 Å². The first-order chi connectivity index (χ1) is 9.27. The summed E-state index contributed by atoms with van der Waals surface area (Å²) in [5.41, 5.74) is 0.870. The Kier molecular flexibility index (Phi) is 5.25. The van der Waals surface area contributed by atoms with Gasteiger partial charge in [-0.15, -0.1) is 0 Å². The van der Waals surface area contributed by atoms with Crippen molar-refractivity contribution in [3.63, 3.8) is 0 Å². The van der Waals surface area contributed by atoms with Crippen molar-refractivity contribution in [2.24, 2.45) is 0 Å². The second-order valence-corrected chi connectivity index (χ2v) is 5.56. The van der Waals surface area contributed by atoms with E-state index in [1.165, 1.54) is 4.90 Å². The monoisotopic (exact) mass is 278 g/mol. The molecule has 0 atom stereocenters. The zero-order valence-corrected chi connectivity index (χ0v) is 12.8. The van der Waals surface area contributed by atoms with Gasteiger partial charge in [0.2, 0.25) is 0 Å². The number of aromatic nitrogens is 1. The Labute approximate surface area is 119 Å². The number of ether oxygens (including phenoxy) is 1. The Hall–Kier alpha value is -1.91. The zero-order chi connectivity index (χ0) is 15.3. The number of hydrogen-bond acceptors (Lipinski definition) is 4. The van der Waals surface area contributed by atoms with Crippen LogP contribution in [0.25, 0.3) is 0 Å². The summed E-state index contributed by atoms with van der Waals surface area (Å²) in [7, 11) is 0. The van der Waals surface area contributed by atoms with Gasteiger partial charge in [0.05, 0.1) is 6.61 Å². The number of hydrogen-bond donors (Lipinski definition) is 0. The number of carbonyl (C=O) groups is 2. The molecule has 1 amide bonds. The number of amides is 1. The Balaban J connectivity index is 3.03. The van der Waals surface area contributed by atoms with Crippen molar-refractivity contribution in [1.82, 2.24) is 9.88 Å². The fraction of sp³-hybridized carbons (Fsp3) is 0.533. The first kappa shape index (κ1) is 16.1. The molecule has 0 N–H and O–H groups in total. The lowest BCUT2D eigenvalue weighted by molar-refractivity contribution is -0.144. The summed E-state index contributed by atoms with van der Waals surface area (Å²) in [5, 5.41) is 0. The predicted molar refractivity (Wildman–Crippen MR) is 76.4 cm³/mol. The molecule has 0 spiro atoms. The van der Waals surface area contributed by atoms with Gasteiger partial charge in [-0.05, 0) is 46.2 Å². The van der Waals surface area contributed by atoms with E-state index in [9.17, 15) is 9.59 Å². The molecule has 20 heavy (non-hydrogen) atoms. The van der Waals surface area contributed by atoms with E-state index >= 15 is 0 Å². The highest BCUT2D eigenvalue weighted by atomic mass is 16.5. The molecule has 0 aliphatic rings. The summed E-state index contributed by atoms with van der Waals surface area (Å²) in [4.78, 5) is 29.8. The van der Waals surface area contributed by atoms with E-state index < -0.39 is 11.5 Å². The largest absolute Gasteiger partial charge is 0.465 e. The minimum Gasteiger partial charge on any atom is -0.465 e. The number of aryl methyl sites for hydroxylation is 1. The van der Waals surface area contributed by atoms with Gasteiger partial charge < -0.3 is 9.64 Å². The van der Waals surface area contributed by atoms with Crippen LogP contribution < -0.4 is 0 Å². The van der Waals surface area contributed by atoms with Crippen LogP contribution in [0.4, 0.5) is 0 Å². The van der Waals surface area contributed by atoms with Gasteiger partial charge in [0.15, 0.2) is 0 Å². The Morgan fingerprint density at radius 3 is 2.50 bits per heavy atom. The van der Waals surface area contributed by atoms with E-state index in [0.29, 0.717) is 12.2 Å². The second kappa shape index (κ2) is 6.50. The van der Waals surface area contributed by atoms with Gasteiger partial charge in [0.1, 0.15) is 6.54 Å². The molecule has 1 aromatic heterocycles. The maximum absolute atomic E-state index is 12.6. The lowest BCUT2D eigenvalue weighted by atomic mass is 10.0. The third-order valence-corrected chi connectivity index (χ3v) is 2.90. The highest BCUT2D eigenvalue weighted by Gasteiger charge is 2.30. The molecule has 0 saturated carbocycles. The van der Waals surface area contributed by atoms with E-state index in [2.05, 4.69) is 4.98 Å². The fourth-order valence-corrected chi connectivity index (χ4v) is 1.81. The zero-order valence-electron chi connectivity index (χ0n) is 12.8. The number of pyridine rings is 1. The normalized spacial score (nSPS) is 11.1. The van der Waals surface area contributed by atoms with E-state index in [0.717, 1.165) is 5.56 Å². The minimum atomic E-state index is -0.473. The summed E-state index contributed by atoms with van der Waals surface area (Å²) in [6, 6.07) is 1.67. The number of esters is 1. The summed E-state index contributed by atoms with van der Waals surface area (Å²) in [5.74, 6) is -0.590. The van der Waals surface area contributed by atoms with Crippen LogP contribution in [0.3, 0.4) is 0 Å². The molecule has 110 valence electrons. The first-order valence-electron chi connectivity index (χ1n) is 6.65. The molecule has 1 aromatic rings. The summed E-state index contributed by atoms with van der Waals surface area (Å²) >= 11 is 0.